The fourth-order valence-corrected chi connectivity index (χ4v) is 3.09. The average Bonchev–Trinajstić information content (AvgIpc) is 3.10. The van der Waals surface area contributed by atoms with E-state index in [1.54, 1.807) is 54.3 Å². The second kappa shape index (κ2) is 7.83. The molecule has 1 N–H and O–H groups in total. The number of ether oxygens (including phenoxy) is 1. The van der Waals surface area contributed by atoms with Crippen molar-refractivity contribution in [1.82, 2.24) is 20.1 Å². The van der Waals surface area contributed by atoms with Crippen molar-refractivity contribution in [2.75, 3.05) is 7.11 Å². The Kier molecular flexibility index (Phi) is 5.46. The van der Waals surface area contributed by atoms with Crippen molar-refractivity contribution in [2.24, 2.45) is 0 Å². The summed E-state index contributed by atoms with van der Waals surface area (Å²) in [5.41, 5.74) is 1.81. The summed E-state index contributed by atoms with van der Waals surface area (Å²) in [5, 5.41) is 16.6. The third kappa shape index (κ3) is 4.16. The topological polar surface area (TPSA) is 92.8 Å². The van der Waals surface area contributed by atoms with Gasteiger partial charge in [0.05, 0.1) is 42.5 Å². The third-order valence-corrected chi connectivity index (χ3v) is 4.53. The second-order valence-electron chi connectivity index (χ2n) is 6.70. The minimum atomic E-state index is -3.51. The first kappa shape index (κ1) is 20.2. The number of hydrogen-bond donors (Lipinski definition) is 1. The van der Waals surface area contributed by atoms with Crippen molar-refractivity contribution in [3.63, 3.8) is 0 Å². The highest BCUT2D eigenvalue weighted by Crippen LogP contribution is 2.28. The van der Waals surface area contributed by atoms with E-state index in [4.69, 9.17) is 10.00 Å². The summed E-state index contributed by atoms with van der Waals surface area (Å²) in [4.78, 5) is 16.0. The van der Waals surface area contributed by atoms with E-state index in [0.29, 0.717) is 29.4 Å². The zero-order chi connectivity index (χ0) is 21.2. The van der Waals surface area contributed by atoms with Crippen molar-refractivity contribution < 1.29 is 18.3 Å². The Morgan fingerprint density at radius 2 is 2.07 bits per heavy atom. The van der Waals surface area contributed by atoms with Crippen LogP contribution in [0.2, 0.25) is 0 Å². The highest BCUT2D eigenvalue weighted by molar-refractivity contribution is 5.83. The molecule has 150 valence electrons. The number of rotatable bonds is 6. The van der Waals surface area contributed by atoms with E-state index in [9.17, 15) is 13.6 Å². The first-order chi connectivity index (χ1) is 13.7. The number of halogens is 2. The van der Waals surface area contributed by atoms with Crippen LogP contribution in [0.3, 0.4) is 0 Å². The zero-order valence-electron chi connectivity index (χ0n) is 16.1. The predicted octanol–water partition coefficient (Wildman–Crippen LogP) is 3.06. The van der Waals surface area contributed by atoms with Crippen LogP contribution in [0.15, 0.2) is 42.7 Å². The van der Waals surface area contributed by atoms with Gasteiger partial charge in [-0.1, -0.05) is 0 Å². The number of nitriles is 1. The maximum atomic E-state index is 13.4. The Balaban J connectivity index is 2.07. The van der Waals surface area contributed by atoms with Crippen molar-refractivity contribution in [3.05, 3.63) is 53.9 Å². The smallest absolute Gasteiger partial charge is 0.321 e. The Morgan fingerprint density at radius 1 is 1.31 bits per heavy atom. The van der Waals surface area contributed by atoms with E-state index >= 15 is 0 Å². The number of methoxy groups -OCH3 is 1. The number of pyridine rings is 1. The zero-order valence-corrected chi connectivity index (χ0v) is 16.1. The summed E-state index contributed by atoms with van der Waals surface area (Å²) < 4.78 is 33.5. The molecule has 0 saturated heterocycles. The lowest BCUT2D eigenvalue weighted by Gasteiger charge is -2.27. The Bertz CT molecular complexity index is 1070. The number of amides is 1. The Morgan fingerprint density at radius 3 is 2.66 bits per heavy atom. The largest absolute Gasteiger partial charge is 0.481 e. The van der Waals surface area contributed by atoms with Gasteiger partial charge in [-0.15, -0.1) is 0 Å². The van der Waals surface area contributed by atoms with Crippen LogP contribution >= 0.6 is 0 Å². The molecule has 0 aliphatic heterocycles. The maximum Gasteiger partial charge on any atom is 0.321 e. The monoisotopic (exact) mass is 399 g/mol. The Labute approximate surface area is 165 Å². The fraction of sp³-hybridized carbons (Fsp3) is 0.300. The van der Waals surface area contributed by atoms with Gasteiger partial charge in [-0.3, -0.25) is 9.48 Å². The fourth-order valence-electron chi connectivity index (χ4n) is 3.09. The molecule has 29 heavy (non-hydrogen) atoms. The van der Waals surface area contributed by atoms with E-state index in [-0.39, 0.29) is 0 Å². The summed E-state index contributed by atoms with van der Waals surface area (Å²) in [6.45, 7) is 2.17. The number of fused-ring (bicyclic) bond motifs is 1. The number of nitrogens with zero attached hydrogens (tertiary/aromatic N) is 4. The molecule has 2 atom stereocenters. The number of nitrogens with one attached hydrogen (secondary N) is 1. The first-order valence-corrected chi connectivity index (χ1v) is 8.80. The highest BCUT2D eigenvalue weighted by Gasteiger charge is 2.35. The summed E-state index contributed by atoms with van der Waals surface area (Å²) in [7, 11) is 1.49. The number of aromatic nitrogens is 3. The van der Waals surface area contributed by atoms with Crippen LogP contribution in [-0.4, -0.2) is 39.7 Å². The molecular weight excluding hydrogens is 380 g/mol. The van der Waals surface area contributed by atoms with Gasteiger partial charge in [-0.2, -0.15) is 19.1 Å². The molecule has 3 rings (SSSR count). The standard InChI is InChI=1S/C20H19F2N5O2/c1-12(26-19(28)20(2,21)22)18(14-5-7-17(29-3)24-10-14)27-16-6-4-13(9-23)8-15(16)11-25-27/h4-8,10-12,18H,1-3H3,(H,26,28)/t12-,18-/m0/s1. The van der Waals surface area contributed by atoms with Gasteiger partial charge in [-0.25, -0.2) is 4.98 Å². The van der Waals surface area contributed by atoms with Gasteiger partial charge < -0.3 is 10.1 Å². The molecule has 1 amide bonds. The van der Waals surface area contributed by atoms with Crippen LogP contribution in [0.1, 0.15) is 31.0 Å². The van der Waals surface area contributed by atoms with E-state index in [1.807, 2.05) is 0 Å². The van der Waals surface area contributed by atoms with Gasteiger partial charge in [0.25, 0.3) is 5.91 Å². The van der Waals surface area contributed by atoms with Gasteiger partial charge in [-0.05, 0) is 36.8 Å². The van der Waals surface area contributed by atoms with Crippen molar-refractivity contribution >= 4 is 16.8 Å². The molecular formula is C20H19F2N5O2. The molecule has 2 aromatic heterocycles. The lowest BCUT2D eigenvalue weighted by atomic mass is 10.0. The molecule has 3 aromatic rings. The van der Waals surface area contributed by atoms with Crippen LogP contribution in [0.5, 0.6) is 5.88 Å². The van der Waals surface area contributed by atoms with Gasteiger partial charge in [0.15, 0.2) is 0 Å². The molecule has 0 bridgehead atoms. The molecule has 1 aromatic carbocycles. The number of carbonyl (C=O) groups is 1. The lowest BCUT2D eigenvalue weighted by molar-refractivity contribution is -0.143. The van der Waals surface area contributed by atoms with Gasteiger partial charge >= 0.3 is 5.92 Å². The minimum Gasteiger partial charge on any atom is -0.481 e. The van der Waals surface area contributed by atoms with Gasteiger partial charge in [0.1, 0.15) is 0 Å². The SMILES string of the molecule is COc1ccc([C@H]([C@H](C)NC(=O)C(C)(F)F)n2ncc3cc(C#N)ccc32)cn1. The summed E-state index contributed by atoms with van der Waals surface area (Å²) in [5.74, 6) is -4.49. The van der Waals surface area contributed by atoms with Crippen LogP contribution in [0, 0.1) is 11.3 Å². The molecule has 0 fully saturated rings. The van der Waals surface area contributed by atoms with E-state index in [1.165, 1.54) is 7.11 Å². The van der Waals surface area contributed by atoms with Gasteiger partial charge in [0.2, 0.25) is 5.88 Å². The summed E-state index contributed by atoms with van der Waals surface area (Å²) >= 11 is 0. The van der Waals surface area contributed by atoms with Crippen LogP contribution < -0.4 is 10.1 Å². The molecule has 9 heteroatoms. The lowest BCUT2D eigenvalue weighted by Crippen LogP contribution is -2.46. The number of benzene rings is 1. The molecule has 0 aliphatic carbocycles. The predicted molar refractivity (Wildman–Crippen MR) is 102 cm³/mol. The maximum absolute atomic E-state index is 13.4. The molecule has 0 spiro atoms. The van der Waals surface area contributed by atoms with Crippen LogP contribution in [0.4, 0.5) is 8.78 Å². The molecule has 0 unspecified atom stereocenters. The average molecular weight is 399 g/mol. The number of hydrogen-bond acceptors (Lipinski definition) is 5. The molecule has 2 heterocycles. The Hall–Kier alpha value is -3.54. The molecule has 7 nitrogen and oxygen atoms in total. The highest BCUT2D eigenvalue weighted by atomic mass is 19.3. The first-order valence-electron chi connectivity index (χ1n) is 8.80. The quantitative estimate of drug-likeness (QED) is 0.688. The van der Waals surface area contributed by atoms with E-state index in [2.05, 4.69) is 21.5 Å². The van der Waals surface area contributed by atoms with E-state index in [0.717, 1.165) is 5.39 Å². The number of carbonyl (C=O) groups excluding carboxylic acids is 1. The third-order valence-electron chi connectivity index (χ3n) is 4.53. The van der Waals surface area contributed by atoms with Crippen molar-refractivity contribution in [2.45, 2.75) is 31.9 Å². The minimum absolute atomic E-state index is 0.397. The van der Waals surface area contributed by atoms with Gasteiger partial charge in [0, 0.05) is 24.6 Å². The second-order valence-corrected chi connectivity index (χ2v) is 6.70. The molecule has 0 saturated carbocycles. The van der Waals surface area contributed by atoms with E-state index < -0.39 is 23.9 Å². The molecule has 0 radical (unpaired) electrons. The molecule has 0 aliphatic rings. The summed E-state index contributed by atoms with van der Waals surface area (Å²) in [6, 6.07) is 9.15. The van der Waals surface area contributed by atoms with Crippen LogP contribution in [-0.2, 0) is 4.79 Å². The van der Waals surface area contributed by atoms with Crippen molar-refractivity contribution in [1.29, 1.82) is 5.26 Å². The number of alkyl halides is 2. The normalized spacial score (nSPS) is 13.5. The van der Waals surface area contributed by atoms with Crippen molar-refractivity contribution in [3.8, 4) is 11.9 Å². The van der Waals surface area contributed by atoms with Crippen LogP contribution in [0.25, 0.3) is 10.9 Å². The summed E-state index contributed by atoms with van der Waals surface area (Å²) in [6.07, 6.45) is 3.14.